The molecule has 1 heterocycles. The Bertz CT molecular complexity index is 951. The van der Waals surface area contributed by atoms with Crippen molar-refractivity contribution in [1.29, 1.82) is 0 Å². The van der Waals surface area contributed by atoms with Gasteiger partial charge in [0.15, 0.2) is 0 Å². The molecule has 1 aliphatic heterocycles. The number of nitrogens with zero attached hydrogens (tertiary/aromatic N) is 2. The molecular weight excluding hydrogens is 370 g/mol. The summed E-state index contributed by atoms with van der Waals surface area (Å²) in [7, 11) is 0. The summed E-state index contributed by atoms with van der Waals surface area (Å²) in [6.07, 6.45) is 4.06. The highest BCUT2D eigenvalue weighted by atomic mass is 32.1. The average Bonchev–Trinajstić information content (AvgIpc) is 3.03. The van der Waals surface area contributed by atoms with Gasteiger partial charge in [0.2, 0.25) is 0 Å². The van der Waals surface area contributed by atoms with Crippen molar-refractivity contribution >= 4 is 29.1 Å². The van der Waals surface area contributed by atoms with Crippen molar-refractivity contribution < 1.29 is 9.84 Å². The number of thiocarbonyl (C=S) groups is 1. The second-order valence-corrected chi connectivity index (χ2v) is 7.14. The maximum atomic E-state index is 10.4. The number of benzene rings is 2. The number of aromatic hydroxyl groups is 1. The van der Waals surface area contributed by atoms with Gasteiger partial charge in [0.25, 0.3) is 0 Å². The number of phenolic OH excluding ortho intramolecular Hbond substituents is 1. The molecular formula is C22H23N3O2S. The van der Waals surface area contributed by atoms with Crippen LogP contribution in [0.25, 0.3) is 0 Å². The van der Waals surface area contributed by atoms with E-state index in [0.717, 1.165) is 22.6 Å². The van der Waals surface area contributed by atoms with Gasteiger partial charge >= 0.3 is 0 Å². The molecule has 0 bridgehead atoms. The number of phenols is 1. The van der Waals surface area contributed by atoms with Crippen LogP contribution in [0.4, 0.5) is 0 Å². The second-order valence-electron chi connectivity index (χ2n) is 6.70. The molecule has 5 nitrogen and oxygen atoms in total. The topological polar surface area (TPSA) is 66.2 Å². The summed E-state index contributed by atoms with van der Waals surface area (Å²) in [5.41, 5.74) is 5.89. The van der Waals surface area contributed by atoms with Crippen molar-refractivity contribution in [1.82, 2.24) is 5.43 Å². The normalized spacial score (nSPS) is 16.3. The first-order chi connectivity index (χ1) is 13.5. The molecule has 2 aromatic carbocycles. The van der Waals surface area contributed by atoms with E-state index in [2.05, 4.69) is 22.1 Å². The maximum absolute atomic E-state index is 10.4. The van der Waals surface area contributed by atoms with Gasteiger partial charge in [-0.15, -0.1) is 6.58 Å². The Hall–Kier alpha value is -2.99. The molecule has 2 aromatic rings. The van der Waals surface area contributed by atoms with E-state index < -0.39 is 6.04 Å². The van der Waals surface area contributed by atoms with Crippen LogP contribution in [0.3, 0.4) is 0 Å². The van der Waals surface area contributed by atoms with Crippen LogP contribution < -0.4 is 10.2 Å². The molecule has 1 atom stereocenters. The maximum Gasteiger partial charge on any atom is 0.146 e. The molecule has 0 aliphatic carbocycles. The van der Waals surface area contributed by atoms with Crippen LogP contribution in [0.1, 0.15) is 30.5 Å². The number of ether oxygens (including phenoxy) is 1. The van der Waals surface area contributed by atoms with E-state index in [1.807, 2.05) is 56.3 Å². The van der Waals surface area contributed by atoms with Gasteiger partial charge in [0.1, 0.15) is 22.5 Å². The van der Waals surface area contributed by atoms with Crippen LogP contribution in [-0.2, 0) is 6.42 Å². The minimum Gasteiger partial charge on any atom is -0.507 e. The number of para-hydroxylation sites is 1. The zero-order valence-corrected chi connectivity index (χ0v) is 16.7. The first-order valence-corrected chi connectivity index (χ1v) is 9.50. The molecule has 0 spiro atoms. The molecule has 0 radical (unpaired) electrons. The molecule has 3 rings (SSSR count). The summed E-state index contributed by atoms with van der Waals surface area (Å²) in [5, 5.41) is 14.8. The van der Waals surface area contributed by atoms with Crippen LogP contribution >= 0.6 is 12.2 Å². The Morgan fingerprint density at radius 1 is 1.32 bits per heavy atom. The van der Waals surface area contributed by atoms with Gasteiger partial charge < -0.3 is 9.84 Å². The highest BCUT2D eigenvalue weighted by molar-refractivity contribution is 7.80. The van der Waals surface area contributed by atoms with E-state index in [9.17, 15) is 5.11 Å². The lowest BCUT2D eigenvalue weighted by molar-refractivity contribution is 0.242. The largest absolute Gasteiger partial charge is 0.507 e. The second kappa shape index (κ2) is 8.80. The van der Waals surface area contributed by atoms with Crippen molar-refractivity contribution in [2.24, 2.45) is 10.1 Å². The van der Waals surface area contributed by atoms with Crippen molar-refractivity contribution in [2.75, 3.05) is 0 Å². The molecule has 6 heteroatoms. The fourth-order valence-corrected chi connectivity index (χ4v) is 3.13. The molecule has 0 amide bonds. The minimum absolute atomic E-state index is 0.0830. The Labute approximate surface area is 170 Å². The summed E-state index contributed by atoms with van der Waals surface area (Å²) < 4.78 is 5.77. The number of rotatable bonds is 7. The third kappa shape index (κ3) is 4.46. The number of hydrogen-bond acceptors (Lipinski definition) is 5. The highest BCUT2D eigenvalue weighted by Gasteiger charge is 2.27. The predicted octanol–water partition coefficient (Wildman–Crippen LogP) is 4.03. The SMILES string of the molecule is C=CCc1cccc(C=NC2C(=S)NN=C2c2cccc(OC(C)C)c2)c1O. The van der Waals surface area contributed by atoms with Crippen LogP contribution in [0.15, 0.2) is 65.2 Å². The van der Waals surface area contributed by atoms with Crippen LogP contribution in [0.5, 0.6) is 11.5 Å². The Balaban J connectivity index is 1.87. The third-order valence-electron chi connectivity index (χ3n) is 4.17. The number of hydrazone groups is 1. The number of hydrogen-bond donors (Lipinski definition) is 2. The lowest BCUT2D eigenvalue weighted by Crippen LogP contribution is -2.26. The first kappa shape index (κ1) is 19.8. The highest BCUT2D eigenvalue weighted by Crippen LogP contribution is 2.23. The van der Waals surface area contributed by atoms with Gasteiger partial charge in [-0.3, -0.25) is 10.4 Å². The molecule has 0 saturated carbocycles. The molecule has 144 valence electrons. The molecule has 0 saturated heterocycles. The Kier molecular flexibility index (Phi) is 6.21. The van der Waals surface area contributed by atoms with E-state index >= 15 is 0 Å². The lowest BCUT2D eigenvalue weighted by atomic mass is 10.0. The zero-order valence-electron chi connectivity index (χ0n) is 15.9. The fraction of sp³-hybridized carbons (Fsp3) is 0.227. The summed E-state index contributed by atoms with van der Waals surface area (Å²) in [6, 6.07) is 12.8. The number of allylic oxidation sites excluding steroid dienone is 1. The van der Waals surface area contributed by atoms with E-state index in [-0.39, 0.29) is 11.9 Å². The van der Waals surface area contributed by atoms with E-state index in [1.54, 1.807) is 12.3 Å². The molecule has 0 fully saturated rings. The van der Waals surface area contributed by atoms with Crippen LogP contribution in [-0.4, -0.2) is 34.2 Å². The van der Waals surface area contributed by atoms with Gasteiger partial charge in [-0.25, -0.2) is 0 Å². The smallest absolute Gasteiger partial charge is 0.146 e. The standard InChI is InChI=1S/C22H23N3O2S/c1-4-7-15-8-5-10-17(21(15)26)13-23-20-19(24-25-22(20)28)16-9-6-11-18(12-16)27-14(2)3/h4-6,8-14,20,26H,1,7H2,2-3H3,(H,25,28). The Morgan fingerprint density at radius 3 is 2.86 bits per heavy atom. The van der Waals surface area contributed by atoms with E-state index in [1.165, 1.54) is 0 Å². The monoisotopic (exact) mass is 393 g/mol. The van der Waals surface area contributed by atoms with Crippen molar-refractivity contribution in [2.45, 2.75) is 32.4 Å². The van der Waals surface area contributed by atoms with Crippen molar-refractivity contribution in [3.63, 3.8) is 0 Å². The molecule has 2 N–H and O–H groups in total. The zero-order chi connectivity index (χ0) is 20.1. The quantitative estimate of drug-likeness (QED) is 0.423. The molecule has 1 unspecified atom stereocenters. The third-order valence-corrected chi connectivity index (χ3v) is 4.49. The fourth-order valence-electron chi connectivity index (χ4n) is 2.91. The van der Waals surface area contributed by atoms with Gasteiger partial charge in [-0.05, 0) is 44.0 Å². The number of aliphatic imine (C=N–C) groups is 1. The predicted molar refractivity (Wildman–Crippen MR) is 118 cm³/mol. The lowest BCUT2D eigenvalue weighted by Gasteiger charge is -2.12. The summed E-state index contributed by atoms with van der Waals surface area (Å²) in [5.74, 6) is 0.972. The average molecular weight is 394 g/mol. The van der Waals surface area contributed by atoms with E-state index in [4.69, 9.17) is 17.0 Å². The van der Waals surface area contributed by atoms with Gasteiger partial charge in [-0.2, -0.15) is 5.10 Å². The summed E-state index contributed by atoms with van der Waals surface area (Å²) >= 11 is 5.39. The van der Waals surface area contributed by atoms with Crippen molar-refractivity contribution in [3.05, 3.63) is 71.8 Å². The molecule has 1 aliphatic rings. The van der Waals surface area contributed by atoms with Gasteiger partial charge in [0.05, 0.1) is 11.8 Å². The van der Waals surface area contributed by atoms with Crippen LogP contribution in [0, 0.1) is 0 Å². The molecule has 0 aromatic heterocycles. The summed E-state index contributed by atoms with van der Waals surface area (Å²) in [6.45, 7) is 7.68. The number of nitrogens with one attached hydrogen (secondary N) is 1. The van der Waals surface area contributed by atoms with Crippen LogP contribution in [0.2, 0.25) is 0 Å². The van der Waals surface area contributed by atoms with Crippen molar-refractivity contribution in [3.8, 4) is 11.5 Å². The van der Waals surface area contributed by atoms with E-state index in [0.29, 0.717) is 17.0 Å². The first-order valence-electron chi connectivity index (χ1n) is 9.09. The Morgan fingerprint density at radius 2 is 2.11 bits per heavy atom. The summed E-state index contributed by atoms with van der Waals surface area (Å²) in [4.78, 5) is 5.12. The minimum atomic E-state index is -0.424. The molecule has 28 heavy (non-hydrogen) atoms. The van der Waals surface area contributed by atoms with Gasteiger partial charge in [-0.1, -0.05) is 42.6 Å². The van der Waals surface area contributed by atoms with Gasteiger partial charge in [0, 0.05) is 17.3 Å².